The van der Waals surface area contributed by atoms with Crippen LogP contribution in [0, 0.1) is 5.92 Å². The maximum Gasteiger partial charge on any atom is 0.225 e. The van der Waals surface area contributed by atoms with Crippen LogP contribution in [-0.2, 0) is 9.53 Å². The second-order valence-corrected chi connectivity index (χ2v) is 2.88. The summed E-state index contributed by atoms with van der Waals surface area (Å²) in [5, 5.41) is 2.83. The van der Waals surface area contributed by atoms with E-state index in [9.17, 15) is 4.79 Å². The van der Waals surface area contributed by atoms with E-state index < -0.39 is 0 Å². The molecule has 0 aliphatic carbocycles. The molecule has 0 aromatic rings. The lowest BCUT2D eigenvalue weighted by Gasteiger charge is -2.23. The number of hydrogen-bond donors (Lipinski definition) is 1. The number of rotatable bonds is 0. The van der Waals surface area contributed by atoms with Crippen LogP contribution in [0.5, 0.6) is 0 Å². The number of nitrogens with one attached hydrogen (secondary N) is 1. The van der Waals surface area contributed by atoms with Crippen molar-refractivity contribution in [3.05, 3.63) is 0 Å². The van der Waals surface area contributed by atoms with Crippen molar-refractivity contribution in [2.24, 2.45) is 5.92 Å². The molecule has 2 rings (SSSR count). The molecule has 0 spiro atoms. The molecule has 2 heterocycles. The summed E-state index contributed by atoms with van der Waals surface area (Å²) < 4.78 is 5.37. The van der Waals surface area contributed by atoms with Crippen LogP contribution < -0.4 is 5.32 Å². The lowest BCUT2D eigenvalue weighted by molar-refractivity contribution is -0.128. The van der Waals surface area contributed by atoms with Gasteiger partial charge in [-0.15, -0.1) is 0 Å². The van der Waals surface area contributed by atoms with Crippen LogP contribution >= 0.6 is 0 Å². The molecule has 1 amide bonds. The molecule has 10 heavy (non-hydrogen) atoms. The van der Waals surface area contributed by atoms with Gasteiger partial charge in [-0.2, -0.15) is 0 Å². The second kappa shape index (κ2) is 2.23. The molecule has 0 aromatic heterocycles. The highest BCUT2D eigenvalue weighted by molar-refractivity contribution is 5.80. The van der Waals surface area contributed by atoms with Crippen LogP contribution in [0.4, 0.5) is 0 Å². The normalized spacial score (nSPS) is 39.0. The van der Waals surface area contributed by atoms with Gasteiger partial charge in [0, 0.05) is 13.2 Å². The summed E-state index contributed by atoms with van der Waals surface area (Å²) in [7, 11) is 0. The van der Waals surface area contributed by atoms with Crippen LogP contribution in [0.15, 0.2) is 0 Å². The maximum atomic E-state index is 11.1. The van der Waals surface area contributed by atoms with Crippen LogP contribution in [0.1, 0.15) is 12.8 Å². The van der Waals surface area contributed by atoms with E-state index in [2.05, 4.69) is 5.32 Å². The standard InChI is InChI=1S/C7H11NO2/c9-7-5-2-4-10-6(5)1-3-8-7/h5-6H,1-4H2,(H,8,9)/t5-,6-/m1/s1. The molecular formula is C7H11NO2. The fraction of sp³-hybridized carbons (Fsp3) is 0.857. The maximum absolute atomic E-state index is 11.1. The average molecular weight is 141 g/mol. The smallest absolute Gasteiger partial charge is 0.225 e. The molecule has 56 valence electrons. The third-order valence-corrected chi connectivity index (χ3v) is 2.27. The predicted octanol–water partition coefficient (Wildman–Crippen LogP) is -0.0886. The first kappa shape index (κ1) is 6.16. The third-order valence-electron chi connectivity index (χ3n) is 2.27. The molecule has 2 aliphatic heterocycles. The quantitative estimate of drug-likeness (QED) is 0.512. The largest absolute Gasteiger partial charge is 0.377 e. The van der Waals surface area contributed by atoms with Gasteiger partial charge in [-0.05, 0) is 12.8 Å². The van der Waals surface area contributed by atoms with Gasteiger partial charge >= 0.3 is 0 Å². The molecule has 0 unspecified atom stereocenters. The summed E-state index contributed by atoms with van der Waals surface area (Å²) in [4.78, 5) is 11.1. The van der Waals surface area contributed by atoms with Gasteiger partial charge in [-0.3, -0.25) is 4.79 Å². The SMILES string of the molecule is O=C1NCC[C@H]2OCC[C@@H]12. The molecule has 3 heteroatoms. The summed E-state index contributed by atoms with van der Waals surface area (Å²) in [6.45, 7) is 1.56. The Morgan fingerprint density at radius 2 is 2.40 bits per heavy atom. The first-order chi connectivity index (χ1) is 4.88. The van der Waals surface area contributed by atoms with Gasteiger partial charge in [-0.1, -0.05) is 0 Å². The summed E-state index contributed by atoms with van der Waals surface area (Å²) in [5.74, 6) is 0.350. The first-order valence-electron chi connectivity index (χ1n) is 3.77. The topological polar surface area (TPSA) is 38.3 Å². The second-order valence-electron chi connectivity index (χ2n) is 2.88. The molecular weight excluding hydrogens is 130 g/mol. The van der Waals surface area contributed by atoms with E-state index in [1.54, 1.807) is 0 Å². The summed E-state index contributed by atoms with van der Waals surface area (Å²) in [5.41, 5.74) is 0. The third kappa shape index (κ3) is 0.814. The van der Waals surface area contributed by atoms with E-state index in [0.29, 0.717) is 0 Å². The average Bonchev–Trinajstić information content (AvgIpc) is 2.36. The molecule has 2 aliphatic rings. The first-order valence-corrected chi connectivity index (χ1v) is 3.77. The number of amides is 1. The minimum Gasteiger partial charge on any atom is -0.377 e. The Balaban J connectivity index is 2.10. The molecule has 2 fully saturated rings. The van der Waals surface area contributed by atoms with Gasteiger partial charge < -0.3 is 10.1 Å². The van der Waals surface area contributed by atoms with Gasteiger partial charge in [0.2, 0.25) is 5.91 Å². The van der Waals surface area contributed by atoms with Gasteiger partial charge in [0.05, 0.1) is 12.0 Å². The summed E-state index contributed by atoms with van der Waals surface area (Å²) >= 11 is 0. The monoisotopic (exact) mass is 141 g/mol. The van der Waals surface area contributed by atoms with Gasteiger partial charge in [-0.25, -0.2) is 0 Å². The number of ether oxygens (including phenoxy) is 1. The fourth-order valence-corrected chi connectivity index (χ4v) is 1.70. The van der Waals surface area contributed by atoms with E-state index in [4.69, 9.17) is 4.74 Å². The van der Waals surface area contributed by atoms with Gasteiger partial charge in [0.1, 0.15) is 0 Å². The highest BCUT2D eigenvalue weighted by Gasteiger charge is 2.36. The van der Waals surface area contributed by atoms with Crippen molar-refractivity contribution in [1.29, 1.82) is 0 Å². The Kier molecular flexibility index (Phi) is 1.38. The van der Waals surface area contributed by atoms with E-state index in [1.165, 1.54) is 0 Å². The highest BCUT2D eigenvalue weighted by Crippen LogP contribution is 2.25. The number of fused-ring (bicyclic) bond motifs is 1. The van der Waals surface area contributed by atoms with Gasteiger partial charge in [0.15, 0.2) is 0 Å². The number of hydrogen-bond acceptors (Lipinski definition) is 2. The van der Waals surface area contributed by atoms with Crippen molar-refractivity contribution in [2.45, 2.75) is 18.9 Å². The Morgan fingerprint density at radius 1 is 1.50 bits per heavy atom. The van der Waals surface area contributed by atoms with Crippen LogP contribution in [0.3, 0.4) is 0 Å². The molecule has 2 saturated heterocycles. The van der Waals surface area contributed by atoms with Crippen molar-refractivity contribution in [3.63, 3.8) is 0 Å². The summed E-state index contributed by atoms with van der Waals surface area (Å²) in [6, 6.07) is 0. The lowest BCUT2D eigenvalue weighted by atomic mass is 9.95. The Hall–Kier alpha value is -0.570. The number of carbonyl (C=O) groups excluding carboxylic acids is 1. The number of piperidine rings is 1. The molecule has 0 saturated carbocycles. The summed E-state index contributed by atoms with van der Waals surface area (Å²) in [6.07, 6.45) is 2.14. The predicted molar refractivity (Wildman–Crippen MR) is 35.5 cm³/mol. The van der Waals surface area contributed by atoms with Crippen LogP contribution in [0.25, 0.3) is 0 Å². The Bertz CT molecular complexity index is 158. The van der Waals surface area contributed by atoms with E-state index in [1.807, 2.05) is 0 Å². The lowest BCUT2D eigenvalue weighted by Crippen LogP contribution is -2.42. The highest BCUT2D eigenvalue weighted by atomic mass is 16.5. The molecule has 2 atom stereocenters. The molecule has 0 aromatic carbocycles. The van der Waals surface area contributed by atoms with Crippen molar-refractivity contribution in [3.8, 4) is 0 Å². The molecule has 0 bridgehead atoms. The van der Waals surface area contributed by atoms with E-state index in [-0.39, 0.29) is 17.9 Å². The van der Waals surface area contributed by atoms with E-state index in [0.717, 1.165) is 26.0 Å². The van der Waals surface area contributed by atoms with Gasteiger partial charge in [0.25, 0.3) is 0 Å². The number of carbonyl (C=O) groups is 1. The van der Waals surface area contributed by atoms with E-state index >= 15 is 0 Å². The van der Waals surface area contributed by atoms with Crippen molar-refractivity contribution < 1.29 is 9.53 Å². The molecule has 1 N–H and O–H groups in total. The zero-order chi connectivity index (χ0) is 6.97. The zero-order valence-electron chi connectivity index (χ0n) is 5.80. The molecule has 3 nitrogen and oxygen atoms in total. The van der Waals surface area contributed by atoms with Crippen LogP contribution in [-0.4, -0.2) is 25.2 Å². The Morgan fingerprint density at radius 3 is 3.20 bits per heavy atom. The minimum atomic E-state index is 0.161. The fourth-order valence-electron chi connectivity index (χ4n) is 1.70. The van der Waals surface area contributed by atoms with Crippen molar-refractivity contribution in [1.82, 2.24) is 5.32 Å². The zero-order valence-corrected chi connectivity index (χ0v) is 5.80. The molecule has 0 radical (unpaired) electrons. The van der Waals surface area contributed by atoms with Crippen molar-refractivity contribution >= 4 is 5.91 Å². The van der Waals surface area contributed by atoms with Crippen molar-refractivity contribution in [2.75, 3.05) is 13.2 Å². The van der Waals surface area contributed by atoms with Crippen LogP contribution in [0.2, 0.25) is 0 Å². The minimum absolute atomic E-state index is 0.161. The Labute approximate surface area is 59.7 Å².